The fourth-order valence-electron chi connectivity index (χ4n) is 5.12. The predicted octanol–water partition coefficient (Wildman–Crippen LogP) is 8.20. The molecule has 5 rings (SSSR count). The Morgan fingerprint density at radius 1 is 0.932 bits per heavy atom. The largest absolute Gasteiger partial charge is 0.487 e. The van der Waals surface area contributed by atoms with Crippen molar-refractivity contribution in [2.24, 2.45) is 0 Å². The van der Waals surface area contributed by atoms with Gasteiger partial charge in [-0.05, 0) is 71.9 Å². The number of benzene rings is 3. The average molecular weight is 610 g/mol. The third-order valence-electron chi connectivity index (χ3n) is 7.85. The van der Waals surface area contributed by atoms with E-state index in [9.17, 15) is 4.79 Å². The molecule has 0 N–H and O–H groups in total. The van der Waals surface area contributed by atoms with E-state index >= 15 is 0 Å². The molecule has 0 unspecified atom stereocenters. The van der Waals surface area contributed by atoms with Gasteiger partial charge in [0, 0.05) is 44.9 Å². The highest BCUT2D eigenvalue weighted by Gasteiger charge is 2.20. The summed E-state index contributed by atoms with van der Waals surface area (Å²) in [5, 5.41) is 0.453. The lowest BCUT2D eigenvalue weighted by atomic mass is 10.0. The highest BCUT2D eigenvalue weighted by atomic mass is 35.5. The van der Waals surface area contributed by atoms with Crippen molar-refractivity contribution >= 4 is 23.6 Å². The smallest absolute Gasteiger partial charge is 0.246 e. The minimum absolute atomic E-state index is 0.00756. The maximum absolute atomic E-state index is 12.9. The zero-order valence-electron chi connectivity index (χ0n) is 25.9. The van der Waals surface area contributed by atoms with Gasteiger partial charge >= 0.3 is 0 Å². The molecule has 0 atom stereocenters. The van der Waals surface area contributed by atoms with Gasteiger partial charge < -0.3 is 14.4 Å². The van der Waals surface area contributed by atoms with Crippen LogP contribution in [0, 0.1) is 13.8 Å². The molecule has 1 fully saturated rings. The minimum Gasteiger partial charge on any atom is -0.487 e. The van der Waals surface area contributed by atoms with Crippen LogP contribution in [0.1, 0.15) is 53.1 Å². The number of pyridine rings is 1. The monoisotopic (exact) mass is 609 g/mol. The van der Waals surface area contributed by atoms with Crippen molar-refractivity contribution < 1.29 is 14.3 Å². The van der Waals surface area contributed by atoms with Gasteiger partial charge in [0.1, 0.15) is 12.4 Å². The Hall–Kier alpha value is -4.13. The van der Waals surface area contributed by atoms with Gasteiger partial charge in [0.15, 0.2) is 5.75 Å². The maximum atomic E-state index is 12.9. The highest BCUT2D eigenvalue weighted by Crippen LogP contribution is 2.34. The summed E-state index contributed by atoms with van der Waals surface area (Å²) in [6, 6.07) is 24.4. The van der Waals surface area contributed by atoms with Gasteiger partial charge in [-0.3, -0.25) is 9.69 Å². The van der Waals surface area contributed by atoms with Crippen molar-refractivity contribution in [3.05, 3.63) is 123 Å². The van der Waals surface area contributed by atoms with Crippen molar-refractivity contribution in [1.29, 1.82) is 0 Å². The Balaban J connectivity index is 1.11. The van der Waals surface area contributed by atoms with Gasteiger partial charge in [0.2, 0.25) is 11.8 Å². The minimum atomic E-state index is 0.00756. The molecule has 7 heteroatoms. The molecule has 0 aliphatic carbocycles. The number of hydrogen-bond acceptors (Lipinski definition) is 5. The first-order chi connectivity index (χ1) is 21.2. The van der Waals surface area contributed by atoms with Crippen molar-refractivity contribution in [3.63, 3.8) is 0 Å². The molecule has 0 saturated carbocycles. The van der Waals surface area contributed by atoms with Crippen LogP contribution in [-0.2, 0) is 17.9 Å². The van der Waals surface area contributed by atoms with E-state index in [0.29, 0.717) is 48.0 Å². The Morgan fingerprint density at radius 2 is 1.64 bits per heavy atom. The second kappa shape index (κ2) is 14.6. The molecule has 3 aromatic carbocycles. The molecule has 1 saturated heterocycles. The van der Waals surface area contributed by atoms with Gasteiger partial charge in [0.05, 0.1) is 11.2 Å². The van der Waals surface area contributed by atoms with E-state index in [0.717, 1.165) is 36.3 Å². The Labute approximate surface area is 265 Å². The average Bonchev–Trinajstić information content (AvgIpc) is 3.03. The summed E-state index contributed by atoms with van der Waals surface area (Å²) in [7, 11) is 0. The second-order valence-corrected chi connectivity index (χ2v) is 12.1. The fraction of sp³-hybridized carbons (Fsp3) is 0.297. The number of piperazine rings is 1. The van der Waals surface area contributed by atoms with E-state index in [1.807, 2.05) is 30.0 Å². The zero-order chi connectivity index (χ0) is 31.1. The number of halogens is 1. The normalized spacial score (nSPS) is 13.9. The number of carbonyl (C=O) groups is 1. The lowest BCUT2D eigenvalue weighted by Crippen LogP contribution is -2.47. The summed E-state index contributed by atoms with van der Waals surface area (Å²) in [6.07, 6.45) is 5.08. The van der Waals surface area contributed by atoms with Crippen LogP contribution in [0.25, 0.3) is 6.08 Å². The molecular weight excluding hydrogens is 570 g/mol. The summed E-state index contributed by atoms with van der Waals surface area (Å²) in [5.74, 6) is 2.12. The standard InChI is InChI=1S/C37H40ClN3O3/c1-26(2)32-12-9-30(10-13-32)25-43-33-14-15-35(39-23-33)44-37-28(4)21-31(22-34(37)38)11-16-36(42)41-19-17-40(18-20-41)24-29-7-5-27(3)6-8-29/h5-16,21-23,26H,17-20,24-25H2,1-4H3/b16-11+. The zero-order valence-corrected chi connectivity index (χ0v) is 26.7. The van der Waals surface area contributed by atoms with Crippen LogP contribution in [0.5, 0.6) is 17.4 Å². The van der Waals surface area contributed by atoms with Crippen LogP contribution in [-0.4, -0.2) is 46.9 Å². The van der Waals surface area contributed by atoms with E-state index in [1.54, 1.807) is 24.4 Å². The van der Waals surface area contributed by atoms with Gasteiger partial charge in [0.25, 0.3) is 0 Å². The Kier molecular flexibility index (Phi) is 10.4. The van der Waals surface area contributed by atoms with Crippen LogP contribution in [0.3, 0.4) is 0 Å². The van der Waals surface area contributed by atoms with Gasteiger partial charge in [-0.1, -0.05) is 79.5 Å². The van der Waals surface area contributed by atoms with Gasteiger partial charge in [-0.2, -0.15) is 0 Å². The van der Waals surface area contributed by atoms with E-state index in [4.69, 9.17) is 21.1 Å². The SMILES string of the molecule is Cc1ccc(CN2CCN(C(=O)/C=C/c3cc(C)c(Oc4ccc(OCc5ccc(C(C)C)cc5)cn4)c(Cl)c3)CC2)cc1. The summed E-state index contributed by atoms with van der Waals surface area (Å²) in [4.78, 5) is 21.6. The quantitative estimate of drug-likeness (QED) is 0.170. The molecule has 1 amide bonds. The lowest BCUT2D eigenvalue weighted by molar-refractivity contribution is -0.127. The van der Waals surface area contributed by atoms with E-state index < -0.39 is 0 Å². The molecule has 2 heterocycles. The van der Waals surface area contributed by atoms with Gasteiger partial charge in [-0.25, -0.2) is 4.98 Å². The number of amides is 1. The molecule has 0 radical (unpaired) electrons. The summed E-state index contributed by atoms with van der Waals surface area (Å²) >= 11 is 6.61. The van der Waals surface area contributed by atoms with Crippen LogP contribution >= 0.6 is 11.6 Å². The van der Waals surface area contributed by atoms with Crippen LogP contribution in [0.15, 0.2) is 85.1 Å². The number of aryl methyl sites for hydroxylation is 2. The fourth-order valence-corrected chi connectivity index (χ4v) is 5.43. The Morgan fingerprint density at radius 3 is 2.27 bits per heavy atom. The number of nitrogens with zero attached hydrogens (tertiary/aromatic N) is 3. The molecular formula is C37H40ClN3O3. The summed E-state index contributed by atoms with van der Waals surface area (Å²) in [6.45, 7) is 12.9. The molecule has 0 bridgehead atoms. The van der Waals surface area contributed by atoms with E-state index in [1.165, 1.54) is 16.7 Å². The number of carbonyl (C=O) groups excluding carboxylic acids is 1. The predicted molar refractivity (Wildman–Crippen MR) is 177 cm³/mol. The molecule has 6 nitrogen and oxygen atoms in total. The third-order valence-corrected chi connectivity index (χ3v) is 8.13. The van der Waals surface area contributed by atoms with Crippen molar-refractivity contribution in [1.82, 2.24) is 14.8 Å². The Bertz CT molecular complexity index is 1550. The van der Waals surface area contributed by atoms with E-state index in [-0.39, 0.29) is 5.91 Å². The van der Waals surface area contributed by atoms with Crippen molar-refractivity contribution in [3.8, 4) is 17.4 Å². The van der Waals surface area contributed by atoms with E-state index in [2.05, 4.69) is 79.2 Å². The number of aromatic nitrogens is 1. The molecule has 1 aliphatic rings. The number of hydrogen-bond donors (Lipinski definition) is 0. The molecule has 1 aliphatic heterocycles. The first-order valence-electron chi connectivity index (χ1n) is 15.1. The maximum Gasteiger partial charge on any atom is 0.246 e. The first-order valence-corrected chi connectivity index (χ1v) is 15.5. The summed E-state index contributed by atoms with van der Waals surface area (Å²) in [5.41, 5.74) is 6.66. The highest BCUT2D eigenvalue weighted by molar-refractivity contribution is 6.32. The topological polar surface area (TPSA) is 54.9 Å². The molecule has 44 heavy (non-hydrogen) atoms. The van der Waals surface area contributed by atoms with Crippen molar-refractivity contribution in [2.75, 3.05) is 26.2 Å². The number of ether oxygens (including phenoxy) is 2. The first kappa shape index (κ1) is 31.3. The lowest BCUT2D eigenvalue weighted by Gasteiger charge is -2.34. The van der Waals surface area contributed by atoms with Gasteiger partial charge in [-0.15, -0.1) is 0 Å². The molecule has 1 aromatic heterocycles. The van der Waals surface area contributed by atoms with Crippen LogP contribution in [0.4, 0.5) is 0 Å². The third kappa shape index (κ3) is 8.49. The molecule has 228 valence electrons. The molecule has 0 spiro atoms. The number of rotatable bonds is 10. The summed E-state index contributed by atoms with van der Waals surface area (Å²) < 4.78 is 11.9. The van der Waals surface area contributed by atoms with Crippen LogP contribution in [0.2, 0.25) is 5.02 Å². The van der Waals surface area contributed by atoms with Crippen molar-refractivity contribution in [2.45, 2.75) is 46.8 Å². The van der Waals surface area contributed by atoms with Crippen LogP contribution < -0.4 is 9.47 Å². The molecule has 4 aromatic rings. The second-order valence-electron chi connectivity index (χ2n) is 11.7.